The maximum atomic E-state index is 6.36. The van der Waals surface area contributed by atoms with Gasteiger partial charge in [0.1, 0.15) is 18.1 Å². The number of fused-ring (bicyclic) bond motifs is 1. The molecule has 1 heterocycles. The van der Waals surface area contributed by atoms with Crippen LogP contribution < -0.4 is 10.5 Å². The Morgan fingerprint density at radius 3 is 2.68 bits per heavy atom. The van der Waals surface area contributed by atoms with E-state index >= 15 is 0 Å². The van der Waals surface area contributed by atoms with Crippen LogP contribution in [0.3, 0.4) is 0 Å². The van der Waals surface area contributed by atoms with Crippen LogP contribution in [0.15, 0.2) is 30.3 Å². The van der Waals surface area contributed by atoms with Crippen molar-refractivity contribution in [2.45, 2.75) is 58.2 Å². The van der Waals surface area contributed by atoms with Gasteiger partial charge in [0.25, 0.3) is 0 Å². The van der Waals surface area contributed by atoms with Crippen LogP contribution in [0.5, 0.6) is 5.75 Å². The van der Waals surface area contributed by atoms with Crippen LogP contribution in [0.4, 0.5) is 0 Å². The quantitative estimate of drug-likeness (QED) is 0.943. The van der Waals surface area contributed by atoms with Gasteiger partial charge in [-0.3, -0.25) is 4.68 Å². The van der Waals surface area contributed by atoms with Gasteiger partial charge in [-0.15, -0.1) is 0 Å². The van der Waals surface area contributed by atoms with Crippen molar-refractivity contribution in [2.75, 3.05) is 0 Å². The first kappa shape index (κ1) is 15.1. The van der Waals surface area contributed by atoms with Gasteiger partial charge in [0, 0.05) is 17.3 Å². The molecule has 2 aromatic rings. The Balaban J connectivity index is 1.92. The molecule has 1 aliphatic carbocycles. The second kappa shape index (κ2) is 5.76. The molecular formula is C18H25N3O. The highest BCUT2D eigenvalue weighted by atomic mass is 16.5. The van der Waals surface area contributed by atoms with E-state index in [4.69, 9.17) is 15.6 Å². The van der Waals surface area contributed by atoms with E-state index in [-0.39, 0.29) is 11.6 Å². The van der Waals surface area contributed by atoms with Crippen molar-refractivity contribution in [3.63, 3.8) is 0 Å². The predicted octanol–water partition coefficient (Wildman–Crippen LogP) is 3.55. The van der Waals surface area contributed by atoms with E-state index in [0.717, 1.165) is 30.7 Å². The molecule has 4 nitrogen and oxygen atoms in total. The monoisotopic (exact) mass is 299 g/mol. The van der Waals surface area contributed by atoms with Crippen LogP contribution in [0.25, 0.3) is 0 Å². The van der Waals surface area contributed by atoms with Gasteiger partial charge >= 0.3 is 0 Å². The van der Waals surface area contributed by atoms with E-state index in [1.807, 2.05) is 30.3 Å². The molecule has 1 atom stereocenters. The first-order chi connectivity index (χ1) is 10.5. The highest BCUT2D eigenvalue weighted by Gasteiger charge is 2.30. The molecule has 0 amide bonds. The van der Waals surface area contributed by atoms with E-state index in [1.54, 1.807) is 0 Å². The lowest BCUT2D eigenvalue weighted by atomic mass is 9.91. The standard InChI is InChI=1S/C18H25N3O/c1-18(2,3)21-16-11-7-10-14(19)17(16)15(20-21)12-22-13-8-5-4-6-9-13/h4-6,8-9,14H,7,10-12,19H2,1-3H3. The highest BCUT2D eigenvalue weighted by Crippen LogP contribution is 2.34. The lowest BCUT2D eigenvalue weighted by Gasteiger charge is -2.26. The van der Waals surface area contributed by atoms with Crippen LogP contribution in [0.1, 0.15) is 56.6 Å². The molecule has 0 aliphatic heterocycles. The summed E-state index contributed by atoms with van der Waals surface area (Å²) >= 11 is 0. The van der Waals surface area contributed by atoms with Crippen molar-refractivity contribution in [3.8, 4) is 5.75 Å². The van der Waals surface area contributed by atoms with Gasteiger partial charge in [-0.1, -0.05) is 18.2 Å². The summed E-state index contributed by atoms with van der Waals surface area (Å²) in [4.78, 5) is 0. The van der Waals surface area contributed by atoms with Gasteiger partial charge in [0.15, 0.2) is 0 Å². The van der Waals surface area contributed by atoms with Gasteiger partial charge in [-0.25, -0.2) is 0 Å². The number of rotatable bonds is 3. The summed E-state index contributed by atoms with van der Waals surface area (Å²) in [6.07, 6.45) is 3.22. The van der Waals surface area contributed by atoms with Crippen molar-refractivity contribution in [1.82, 2.24) is 9.78 Å². The van der Waals surface area contributed by atoms with Crippen molar-refractivity contribution < 1.29 is 4.74 Å². The molecule has 22 heavy (non-hydrogen) atoms. The molecule has 0 bridgehead atoms. The summed E-state index contributed by atoms with van der Waals surface area (Å²) in [7, 11) is 0. The number of benzene rings is 1. The normalized spacial score (nSPS) is 18.1. The molecule has 118 valence electrons. The smallest absolute Gasteiger partial charge is 0.132 e. The fourth-order valence-corrected chi connectivity index (χ4v) is 3.15. The third-order valence-corrected chi connectivity index (χ3v) is 4.15. The minimum absolute atomic E-state index is 0.0356. The summed E-state index contributed by atoms with van der Waals surface area (Å²) in [5.41, 5.74) is 9.81. The van der Waals surface area contributed by atoms with Crippen molar-refractivity contribution in [2.24, 2.45) is 5.73 Å². The minimum atomic E-state index is -0.0356. The molecular weight excluding hydrogens is 274 g/mol. The maximum Gasteiger partial charge on any atom is 0.132 e. The minimum Gasteiger partial charge on any atom is -0.487 e. The molecule has 4 heteroatoms. The Bertz CT molecular complexity index is 640. The van der Waals surface area contributed by atoms with Gasteiger partial charge in [0.2, 0.25) is 0 Å². The summed E-state index contributed by atoms with van der Waals surface area (Å²) in [5.74, 6) is 0.867. The van der Waals surface area contributed by atoms with E-state index in [1.165, 1.54) is 11.3 Å². The average Bonchev–Trinajstić information content (AvgIpc) is 2.86. The summed E-state index contributed by atoms with van der Waals surface area (Å²) in [6.45, 7) is 7.02. The first-order valence-electron chi connectivity index (χ1n) is 8.01. The average molecular weight is 299 g/mol. The molecule has 0 saturated heterocycles. The fourth-order valence-electron chi connectivity index (χ4n) is 3.15. The number of hydrogen-bond acceptors (Lipinski definition) is 3. The molecule has 0 spiro atoms. The molecule has 1 aromatic heterocycles. The number of nitrogens with zero attached hydrogens (tertiary/aromatic N) is 2. The third kappa shape index (κ3) is 2.88. The van der Waals surface area contributed by atoms with E-state index in [2.05, 4.69) is 25.5 Å². The molecule has 0 radical (unpaired) electrons. The number of ether oxygens (including phenoxy) is 1. The molecule has 1 aliphatic rings. The number of nitrogens with two attached hydrogens (primary N) is 1. The maximum absolute atomic E-state index is 6.36. The topological polar surface area (TPSA) is 53.1 Å². The molecule has 0 fully saturated rings. The van der Waals surface area contributed by atoms with Crippen molar-refractivity contribution in [3.05, 3.63) is 47.3 Å². The van der Waals surface area contributed by atoms with E-state index in [0.29, 0.717) is 6.61 Å². The van der Waals surface area contributed by atoms with Gasteiger partial charge in [-0.2, -0.15) is 5.10 Å². The Morgan fingerprint density at radius 2 is 2.00 bits per heavy atom. The van der Waals surface area contributed by atoms with Crippen molar-refractivity contribution in [1.29, 1.82) is 0 Å². The van der Waals surface area contributed by atoms with Crippen molar-refractivity contribution >= 4 is 0 Å². The fraction of sp³-hybridized carbons (Fsp3) is 0.500. The lowest BCUT2D eigenvalue weighted by Crippen LogP contribution is -2.27. The zero-order valence-electron chi connectivity index (χ0n) is 13.7. The first-order valence-corrected chi connectivity index (χ1v) is 8.01. The Hall–Kier alpha value is -1.81. The lowest BCUT2D eigenvalue weighted by molar-refractivity contribution is 0.290. The van der Waals surface area contributed by atoms with Gasteiger partial charge < -0.3 is 10.5 Å². The number of aromatic nitrogens is 2. The molecule has 3 rings (SSSR count). The molecule has 1 unspecified atom stereocenters. The Kier molecular flexibility index (Phi) is 3.96. The van der Waals surface area contributed by atoms with Gasteiger partial charge in [-0.05, 0) is 52.2 Å². The second-order valence-electron chi connectivity index (χ2n) is 6.99. The summed E-state index contributed by atoms with van der Waals surface area (Å²) in [5, 5.41) is 4.84. The Labute approximate surface area is 132 Å². The number of hydrogen-bond donors (Lipinski definition) is 1. The van der Waals surface area contributed by atoms with Crippen LogP contribution in [0.2, 0.25) is 0 Å². The molecule has 1 aromatic carbocycles. The van der Waals surface area contributed by atoms with Gasteiger partial charge in [0.05, 0.1) is 5.54 Å². The Morgan fingerprint density at radius 1 is 1.27 bits per heavy atom. The second-order valence-corrected chi connectivity index (χ2v) is 6.99. The van der Waals surface area contributed by atoms with Crippen LogP contribution >= 0.6 is 0 Å². The SMILES string of the molecule is CC(C)(C)n1nc(COc2ccccc2)c2c1CCCC2N. The zero-order valence-corrected chi connectivity index (χ0v) is 13.7. The number of para-hydroxylation sites is 1. The predicted molar refractivity (Wildman–Crippen MR) is 87.9 cm³/mol. The van der Waals surface area contributed by atoms with Crippen LogP contribution in [-0.4, -0.2) is 9.78 Å². The van der Waals surface area contributed by atoms with E-state index in [9.17, 15) is 0 Å². The molecule has 2 N–H and O–H groups in total. The molecule has 0 saturated carbocycles. The highest BCUT2D eigenvalue weighted by molar-refractivity contribution is 5.33. The van der Waals surface area contributed by atoms with Crippen LogP contribution in [-0.2, 0) is 18.6 Å². The summed E-state index contributed by atoms with van der Waals surface area (Å²) in [6, 6.07) is 9.95. The zero-order chi connectivity index (χ0) is 15.7. The summed E-state index contributed by atoms with van der Waals surface area (Å²) < 4.78 is 8.04. The van der Waals surface area contributed by atoms with E-state index < -0.39 is 0 Å². The van der Waals surface area contributed by atoms with Crippen LogP contribution in [0, 0.1) is 0 Å². The largest absolute Gasteiger partial charge is 0.487 e. The third-order valence-electron chi connectivity index (χ3n) is 4.15.